The number of ether oxygens (including phenoxy) is 1. The Kier molecular flexibility index (Phi) is 5.02. The lowest BCUT2D eigenvalue weighted by Gasteiger charge is -2.11. The number of carbonyl (C=O) groups is 1. The predicted octanol–water partition coefficient (Wildman–Crippen LogP) is 4.15. The Labute approximate surface area is 149 Å². The number of methoxy groups -OCH3 is 1. The van der Waals surface area contributed by atoms with Crippen LogP contribution in [0, 0.1) is 5.82 Å². The Morgan fingerprint density at radius 3 is 2.69 bits per heavy atom. The van der Waals surface area contributed by atoms with E-state index in [1.807, 2.05) is 6.92 Å². The van der Waals surface area contributed by atoms with E-state index >= 15 is 0 Å². The Morgan fingerprint density at radius 2 is 2.00 bits per heavy atom. The maximum atomic E-state index is 13.7. The summed E-state index contributed by atoms with van der Waals surface area (Å²) in [5, 5.41) is 3.00. The average Bonchev–Trinajstić information content (AvgIpc) is 2.63. The molecule has 0 bridgehead atoms. The molecule has 1 heterocycles. The van der Waals surface area contributed by atoms with Crippen LogP contribution in [0.25, 0.3) is 11.0 Å². The molecule has 26 heavy (non-hydrogen) atoms. The van der Waals surface area contributed by atoms with Gasteiger partial charge in [0.05, 0.1) is 12.8 Å². The van der Waals surface area contributed by atoms with Crippen molar-refractivity contribution in [2.45, 2.75) is 19.8 Å². The zero-order valence-corrected chi connectivity index (χ0v) is 14.5. The SMILES string of the molecule is CCCc1c(OC)ccc2cc(C(=O)Nc3ccccc3F)c(=O)oc12. The number of hydrogen-bond donors (Lipinski definition) is 1. The molecule has 6 heteroatoms. The summed E-state index contributed by atoms with van der Waals surface area (Å²) in [5.74, 6) is -0.675. The van der Waals surface area contributed by atoms with Crippen LogP contribution in [0.15, 0.2) is 51.7 Å². The highest BCUT2D eigenvalue weighted by Gasteiger charge is 2.18. The smallest absolute Gasteiger partial charge is 0.349 e. The number of aryl methyl sites for hydroxylation is 1. The lowest BCUT2D eigenvalue weighted by atomic mass is 10.0. The number of halogens is 1. The van der Waals surface area contributed by atoms with Crippen LogP contribution in [-0.4, -0.2) is 13.0 Å². The van der Waals surface area contributed by atoms with Gasteiger partial charge in [0.15, 0.2) is 0 Å². The lowest BCUT2D eigenvalue weighted by Crippen LogP contribution is -2.21. The van der Waals surface area contributed by atoms with Gasteiger partial charge in [-0.1, -0.05) is 25.5 Å². The number of benzene rings is 2. The second kappa shape index (κ2) is 7.39. The van der Waals surface area contributed by atoms with Gasteiger partial charge in [-0.2, -0.15) is 0 Å². The summed E-state index contributed by atoms with van der Waals surface area (Å²) in [5.41, 5.74) is 0.216. The third-order valence-electron chi connectivity index (χ3n) is 4.05. The Morgan fingerprint density at radius 1 is 1.23 bits per heavy atom. The standard InChI is InChI=1S/C20H18FNO4/c1-3-6-13-17(25-2)10-9-12-11-14(20(24)26-18(12)13)19(23)22-16-8-5-4-7-15(16)21/h4-5,7-11H,3,6H2,1-2H3,(H,22,23). The quantitative estimate of drug-likeness (QED) is 0.698. The summed E-state index contributed by atoms with van der Waals surface area (Å²) in [4.78, 5) is 24.7. The normalized spacial score (nSPS) is 10.7. The molecule has 0 aliphatic heterocycles. The average molecular weight is 355 g/mol. The summed E-state index contributed by atoms with van der Waals surface area (Å²) in [7, 11) is 1.55. The number of para-hydroxylation sites is 1. The molecule has 1 N–H and O–H groups in total. The lowest BCUT2D eigenvalue weighted by molar-refractivity contribution is 0.102. The van der Waals surface area contributed by atoms with Crippen molar-refractivity contribution in [2.24, 2.45) is 0 Å². The van der Waals surface area contributed by atoms with E-state index in [-0.39, 0.29) is 11.3 Å². The van der Waals surface area contributed by atoms with Crippen LogP contribution in [-0.2, 0) is 6.42 Å². The van der Waals surface area contributed by atoms with E-state index in [1.165, 1.54) is 24.3 Å². The van der Waals surface area contributed by atoms with Crippen LogP contribution >= 0.6 is 0 Å². The van der Waals surface area contributed by atoms with E-state index in [0.717, 1.165) is 12.0 Å². The number of carbonyl (C=O) groups excluding carboxylic acids is 1. The fraction of sp³-hybridized carbons (Fsp3) is 0.200. The molecular formula is C20H18FNO4. The fourth-order valence-electron chi connectivity index (χ4n) is 2.81. The first kappa shape index (κ1) is 17.7. The summed E-state index contributed by atoms with van der Waals surface area (Å²) in [6.07, 6.45) is 1.51. The molecule has 3 aromatic rings. The molecule has 3 rings (SSSR count). The molecule has 0 saturated heterocycles. The first-order valence-electron chi connectivity index (χ1n) is 8.24. The third-order valence-corrected chi connectivity index (χ3v) is 4.05. The molecule has 0 saturated carbocycles. The third kappa shape index (κ3) is 3.31. The van der Waals surface area contributed by atoms with Gasteiger partial charge < -0.3 is 14.5 Å². The van der Waals surface area contributed by atoms with E-state index in [2.05, 4.69) is 5.32 Å². The molecule has 2 aromatic carbocycles. The minimum Gasteiger partial charge on any atom is -0.496 e. The fourth-order valence-corrected chi connectivity index (χ4v) is 2.81. The summed E-state index contributed by atoms with van der Waals surface area (Å²) in [6.45, 7) is 2.01. The van der Waals surface area contributed by atoms with Crippen LogP contribution in [0.4, 0.5) is 10.1 Å². The topological polar surface area (TPSA) is 68.5 Å². The van der Waals surface area contributed by atoms with Gasteiger partial charge in [-0.3, -0.25) is 4.79 Å². The van der Waals surface area contributed by atoms with Crippen molar-refractivity contribution in [3.63, 3.8) is 0 Å². The summed E-state index contributed by atoms with van der Waals surface area (Å²) < 4.78 is 24.5. The van der Waals surface area contributed by atoms with Crippen LogP contribution in [0.2, 0.25) is 0 Å². The molecule has 0 atom stereocenters. The molecule has 0 unspecified atom stereocenters. The van der Waals surface area contributed by atoms with Crippen molar-refractivity contribution in [3.05, 3.63) is 69.8 Å². The van der Waals surface area contributed by atoms with E-state index in [1.54, 1.807) is 25.3 Å². The number of anilines is 1. The largest absolute Gasteiger partial charge is 0.496 e. The molecule has 0 aliphatic rings. The first-order chi connectivity index (χ1) is 12.5. The van der Waals surface area contributed by atoms with Crippen molar-refractivity contribution >= 4 is 22.6 Å². The van der Waals surface area contributed by atoms with Gasteiger partial charge in [0.1, 0.15) is 22.7 Å². The van der Waals surface area contributed by atoms with Gasteiger partial charge in [0, 0.05) is 10.9 Å². The van der Waals surface area contributed by atoms with Crippen LogP contribution < -0.4 is 15.7 Å². The molecule has 134 valence electrons. The van der Waals surface area contributed by atoms with Gasteiger partial charge in [-0.15, -0.1) is 0 Å². The van der Waals surface area contributed by atoms with Crippen molar-refractivity contribution in [3.8, 4) is 5.75 Å². The van der Waals surface area contributed by atoms with E-state index in [9.17, 15) is 14.0 Å². The molecule has 0 aliphatic carbocycles. The van der Waals surface area contributed by atoms with Gasteiger partial charge in [-0.05, 0) is 36.8 Å². The van der Waals surface area contributed by atoms with Crippen LogP contribution in [0.3, 0.4) is 0 Å². The highest BCUT2D eigenvalue weighted by Crippen LogP contribution is 2.29. The maximum Gasteiger partial charge on any atom is 0.349 e. The monoisotopic (exact) mass is 355 g/mol. The Bertz CT molecular complexity index is 1030. The highest BCUT2D eigenvalue weighted by atomic mass is 19.1. The van der Waals surface area contributed by atoms with Gasteiger partial charge in [-0.25, -0.2) is 9.18 Å². The van der Waals surface area contributed by atoms with Crippen molar-refractivity contribution in [1.29, 1.82) is 0 Å². The van der Waals surface area contributed by atoms with Gasteiger partial charge in [0.25, 0.3) is 5.91 Å². The Balaban J connectivity index is 2.05. The molecule has 1 aromatic heterocycles. The molecule has 0 radical (unpaired) electrons. The zero-order chi connectivity index (χ0) is 18.7. The zero-order valence-electron chi connectivity index (χ0n) is 14.5. The van der Waals surface area contributed by atoms with Gasteiger partial charge >= 0.3 is 5.63 Å². The molecule has 0 fully saturated rings. The minimum atomic E-state index is -0.781. The van der Waals surface area contributed by atoms with Crippen molar-refractivity contribution in [1.82, 2.24) is 0 Å². The molecule has 1 amide bonds. The summed E-state index contributed by atoms with van der Waals surface area (Å²) in [6, 6.07) is 10.7. The Hall–Kier alpha value is -3.15. The number of hydrogen-bond acceptors (Lipinski definition) is 4. The first-order valence-corrected chi connectivity index (χ1v) is 8.24. The predicted molar refractivity (Wildman–Crippen MR) is 97.4 cm³/mol. The molecule has 5 nitrogen and oxygen atoms in total. The van der Waals surface area contributed by atoms with Crippen LogP contribution in [0.5, 0.6) is 5.75 Å². The summed E-state index contributed by atoms with van der Waals surface area (Å²) >= 11 is 0. The van der Waals surface area contributed by atoms with Gasteiger partial charge in [0.2, 0.25) is 0 Å². The number of fused-ring (bicyclic) bond motifs is 1. The minimum absolute atomic E-state index is 0.00148. The van der Waals surface area contributed by atoms with E-state index in [0.29, 0.717) is 23.1 Å². The van der Waals surface area contributed by atoms with Crippen LogP contribution in [0.1, 0.15) is 29.3 Å². The van der Waals surface area contributed by atoms with E-state index in [4.69, 9.17) is 9.15 Å². The molecule has 0 spiro atoms. The second-order valence-electron chi connectivity index (χ2n) is 5.80. The number of nitrogens with one attached hydrogen (secondary N) is 1. The molecular weight excluding hydrogens is 337 g/mol. The second-order valence-corrected chi connectivity index (χ2v) is 5.80. The highest BCUT2D eigenvalue weighted by molar-refractivity contribution is 6.05. The van der Waals surface area contributed by atoms with Crippen molar-refractivity contribution < 1.29 is 18.3 Å². The number of rotatable bonds is 5. The van der Waals surface area contributed by atoms with E-state index < -0.39 is 17.3 Å². The number of amides is 1. The van der Waals surface area contributed by atoms with Crippen molar-refractivity contribution in [2.75, 3.05) is 12.4 Å². The maximum absolute atomic E-state index is 13.7.